The highest BCUT2D eigenvalue weighted by Crippen LogP contribution is 2.29. The Balaban J connectivity index is 1.82. The summed E-state index contributed by atoms with van der Waals surface area (Å²) in [5, 5.41) is 4.30. The van der Waals surface area contributed by atoms with Crippen LogP contribution < -0.4 is 10.4 Å². The van der Waals surface area contributed by atoms with Crippen LogP contribution >= 0.6 is 0 Å². The van der Waals surface area contributed by atoms with E-state index in [1.54, 1.807) is 31.7 Å². The largest absolute Gasteiger partial charge is 0.476 e. The molecule has 0 saturated heterocycles. The van der Waals surface area contributed by atoms with Crippen molar-refractivity contribution in [2.75, 3.05) is 6.61 Å². The van der Waals surface area contributed by atoms with E-state index in [-0.39, 0.29) is 5.69 Å². The second-order valence-corrected chi connectivity index (χ2v) is 9.08. The molecule has 0 atom stereocenters. The summed E-state index contributed by atoms with van der Waals surface area (Å²) in [4.78, 5) is 25.2. The number of aromatic nitrogens is 3. The zero-order valence-electron chi connectivity index (χ0n) is 20.5. The number of benzene rings is 2. The van der Waals surface area contributed by atoms with Gasteiger partial charge in [-0.15, -0.1) is 0 Å². The van der Waals surface area contributed by atoms with Gasteiger partial charge in [0.1, 0.15) is 12.1 Å². The van der Waals surface area contributed by atoms with E-state index in [4.69, 9.17) is 9.47 Å². The lowest BCUT2D eigenvalue weighted by Crippen LogP contribution is -2.40. The van der Waals surface area contributed by atoms with E-state index >= 15 is 0 Å². The van der Waals surface area contributed by atoms with E-state index in [1.165, 1.54) is 10.2 Å². The van der Waals surface area contributed by atoms with Crippen molar-refractivity contribution >= 4 is 5.97 Å². The van der Waals surface area contributed by atoms with Crippen molar-refractivity contribution in [2.45, 2.75) is 66.5 Å². The predicted molar refractivity (Wildman–Crippen MR) is 128 cm³/mol. The highest BCUT2D eigenvalue weighted by molar-refractivity contribution is 5.79. The molecule has 2 aromatic carbocycles. The van der Waals surface area contributed by atoms with Crippen molar-refractivity contribution in [3.05, 3.63) is 75.5 Å². The molecule has 0 amide bonds. The van der Waals surface area contributed by atoms with Crippen LogP contribution in [0.15, 0.2) is 47.5 Å². The number of rotatable bonds is 8. The minimum Gasteiger partial charge on any atom is -0.476 e. The molecule has 176 valence electrons. The molecule has 0 radical (unpaired) electrons. The Morgan fingerprint density at radius 3 is 2.24 bits per heavy atom. The molecule has 1 aromatic heterocycles. The molecule has 0 aliphatic rings. The van der Waals surface area contributed by atoms with Gasteiger partial charge in [-0.1, -0.05) is 38.1 Å². The summed E-state index contributed by atoms with van der Waals surface area (Å²) in [7, 11) is 0. The Hall–Kier alpha value is -3.35. The lowest BCUT2D eigenvalue weighted by Gasteiger charge is -2.26. The van der Waals surface area contributed by atoms with Crippen LogP contribution in [0.25, 0.3) is 5.69 Å². The van der Waals surface area contributed by atoms with Gasteiger partial charge in [0.25, 0.3) is 0 Å². The van der Waals surface area contributed by atoms with Crippen LogP contribution in [0.1, 0.15) is 62.8 Å². The smallest absolute Gasteiger partial charge is 0.350 e. The van der Waals surface area contributed by atoms with Gasteiger partial charge in [-0.05, 0) is 74.9 Å². The molecule has 7 nitrogen and oxygen atoms in total. The zero-order valence-corrected chi connectivity index (χ0v) is 20.5. The number of carbonyl (C=O) groups is 1. The molecule has 3 aromatic rings. The van der Waals surface area contributed by atoms with E-state index in [2.05, 4.69) is 18.9 Å². The fourth-order valence-electron chi connectivity index (χ4n) is 3.71. The second-order valence-electron chi connectivity index (χ2n) is 9.08. The number of hydrogen-bond acceptors (Lipinski definition) is 5. The van der Waals surface area contributed by atoms with Gasteiger partial charge in [-0.25, -0.2) is 18.8 Å². The minimum absolute atomic E-state index is 0.202. The Kier molecular flexibility index (Phi) is 7.10. The van der Waals surface area contributed by atoms with Crippen LogP contribution in [0.3, 0.4) is 0 Å². The molecule has 0 aliphatic carbocycles. The number of aryl methyl sites for hydroxylation is 2. The molecule has 7 heteroatoms. The van der Waals surface area contributed by atoms with E-state index in [1.807, 2.05) is 50.2 Å². The van der Waals surface area contributed by atoms with Gasteiger partial charge in [0.2, 0.25) is 0 Å². The Labute approximate surface area is 195 Å². The average Bonchev–Trinajstić information content (AvgIpc) is 3.11. The van der Waals surface area contributed by atoms with Crippen LogP contribution in [0.5, 0.6) is 5.75 Å². The molecule has 1 heterocycles. The number of esters is 1. The number of nitrogens with zero attached hydrogens (tertiary/aromatic N) is 3. The zero-order chi connectivity index (χ0) is 24.3. The van der Waals surface area contributed by atoms with Crippen molar-refractivity contribution in [3.8, 4) is 11.4 Å². The average molecular weight is 452 g/mol. The number of hydrogen-bond donors (Lipinski definition) is 0. The highest BCUT2D eigenvalue weighted by Gasteiger charge is 2.32. The quantitative estimate of drug-likeness (QED) is 0.470. The first-order valence-electron chi connectivity index (χ1n) is 11.2. The van der Waals surface area contributed by atoms with Crippen LogP contribution in [-0.2, 0) is 16.1 Å². The van der Waals surface area contributed by atoms with E-state index in [0.29, 0.717) is 24.8 Å². The summed E-state index contributed by atoms with van der Waals surface area (Å²) in [5.41, 5.74) is 3.37. The summed E-state index contributed by atoms with van der Waals surface area (Å²) < 4.78 is 14.1. The molecular formula is C26H33N3O4. The summed E-state index contributed by atoms with van der Waals surface area (Å²) in [5.74, 6) is 0.658. The normalized spacial score (nSPS) is 11.6. The molecule has 0 saturated carbocycles. The maximum Gasteiger partial charge on any atom is 0.350 e. The lowest BCUT2D eigenvalue weighted by molar-refractivity contribution is -0.158. The SMILES string of the molecule is CCOC(=O)C(C)(C)Oc1c(C)cc(Cn2ncn(-c3ccc(C(C)C)cc3)c2=O)cc1C. The maximum absolute atomic E-state index is 12.9. The van der Waals surface area contributed by atoms with Crippen molar-refractivity contribution in [1.82, 2.24) is 14.3 Å². The van der Waals surface area contributed by atoms with Crippen molar-refractivity contribution in [1.29, 1.82) is 0 Å². The molecule has 0 bridgehead atoms. The highest BCUT2D eigenvalue weighted by atomic mass is 16.6. The van der Waals surface area contributed by atoms with Crippen LogP contribution in [0.2, 0.25) is 0 Å². The van der Waals surface area contributed by atoms with Crippen molar-refractivity contribution < 1.29 is 14.3 Å². The molecule has 3 rings (SSSR count). The summed E-state index contributed by atoms with van der Waals surface area (Å²) in [6.45, 7) is 13.9. The van der Waals surface area contributed by atoms with Crippen molar-refractivity contribution in [3.63, 3.8) is 0 Å². The standard InChI is InChI=1S/C26H33N3O4/c1-8-32-24(30)26(6,7)33-23-18(4)13-20(14-19(23)5)15-29-25(31)28(16-27-29)22-11-9-21(10-12-22)17(2)3/h9-14,16-17H,8,15H2,1-7H3. The predicted octanol–water partition coefficient (Wildman–Crippen LogP) is 4.54. The summed E-state index contributed by atoms with van der Waals surface area (Å²) in [6.07, 6.45) is 1.55. The number of carbonyl (C=O) groups excluding carboxylic acids is 1. The Morgan fingerprint density at radius 1 is 1.09 bits per heavy atom. The summed E-state index contributed by atoms with van der Waals surface area (Å²) >= 11 is 0. The number of ether oxygens (including phenoxy) is 2. The molecule has 0 N–H and O–H groups in total. The minimum atomic E-state index is -1.10. The maximum atomic E-state index is 12.9. The fourth-order valence-corrected chi connectivity index (χ4v) is 3.71. The van der Waals surface area contributed by atoms with Gasteiger partial charge in [0.05, 0.1) is 18.8 Å². The Bertz CT molecular complexity index is 1160. The third-order valence-corrected chi connectivity index (χ3v) is 5.55. The van der Waals surface area contributed by atoms with Crippen LogP contribution in [-0.4, -0.2) is 32.5 Å². The molecule has 0 aliphatic heterocycles. The molecule has 33 heavy (non-hydrogen) atoms. The molecule has 0 unspecified atom stereocenters. The third kappa shape index (κ3) is 5.35. The summed E-state index contributed by atoms with van der Waals surface area (Å²) in [6, 6.07) is 11.8. The van der Waals surface area contributed by atoms with Gasteiger partial charge < -0.3 is 9.47 Å². The first-order valence-corrected chi connectivity index (χ1v) is 11.2. The van der Waals surface area contributed by atoms with E-state index < -0.39 is 11.6 Å². The Morgan fingerprint density at radius 2 is 1.70 bits per heavy atom. The first-order chi connectivity index (χ1) is 15.5. The first kappa shape index (κ1) is 24.3. The fraction of sp³-hybridized carbons (Fsp3) is 0.423. The van der Waals surface area contributed by atoms with Gasteiger partial charge in [-0.2, -0.15) is 5.10 Å². The molecule has 0 fully saturated rings. The van der Waals surface area contributed by atoms with Gasteiger partial charge in [-0.3, -0.25) is 0 Å². The monoisotopic (exact) mass is 451 g/mol. The lowest BCUT2D eigenvalue weighted by atomic mass is 10.0. The van der Waals surface area contributed by atoms with Gasteiger partial charge in [0, 0.05) is 0 Å². The van der Waals surface area contributed by atoms with Crippen LogP contribution in [0.4, 0.5) is 0 Å². The van der Waals surface area contributed by atoms with Crippen LogP contribution in [0, 0.1) is 13.8 Å². The van der Waals surface area contributed by atoms with Gasteiger partial charge >= 0.3 is 11.7 Å². The van der Waals surface area contributed by atoms with Gasteiger partial charge in [0.15, 0.2) is 5.60 Å². The van der Waals surface area contributed by atoms with E-state index in [9.17, 15) is 9.59 Å². The molecular weight excluding hydrogens is 418 g/mol. The van der Waals surface area contributed by atoms with E-state index in [0.717, 1.165) is 22.4 Å². The topological polar surface area (TPSA) is 75.3 Å². The van der Waals surface area contributed by atoms with Crippen molar-refractivity contribution in [2.24, 2.45) is 0 Å². The second kappa shape index (κ2) is 9.65. The third-order valence-electron chi connectivity index (χ3n) is 5.55. The molecule has 0 spiro atoms.